The van der Waals surface area contributed by atoms with Crippen LogP contribution in [0.4, 0.5) is 16.4 Å². The van der Waals surface area contributed by atoms with Crippen LogP contribution in [-0.2, 0) is 11.2 Å². The van der Waals surface area contributed by atoms with Crippen LogP contribution in [0.1, 0.15) is 5.56 Å². The van der Waals surface area contributed by atoms with Gasteiger partial charge in [0.1, 0.15) is 24.1 Å². The van der Waals surface area contributed by atoms with E-state index in [9.17, 15) is 4.79 Å². The molecule has 4 rings (SSSR count). The maximum atomic E-state index is 12.3. The number of ether oxygens (including phenoxy) is 1. The molecule has 0 radical (unpaired) electrons. The third kappa shape index (κ3) is 3.64. The predicted molar refractivity (Wildman–Crippen MR) is 104 cm³/mol. The van der Waals surface area contributed by atoms with Crippen LogP contribution in [0.3, 0.4) is 0 Å². The number of rotatable bonds is 5. The Morgan fingerprint density at radius 2 is 2.11 bits per heavy atom. The largest absolute Gasteiger partial charge is 0.442 e. The molecule has 2 fully saturated rings. The first kappa shape index (κ1) is 17.9. The van der Waals surface area contributed by atoms with Crippen LogP contribution >= 0.6 is 11.6 Å². The van der Waals surface area contributed by atoms with Gasteiger partial charge in [0.15, 0.2) is 0 Å². The van der Waals surface area contributed by atoms with Crippen molar-refractivity contribution in [3.63, 3.8) is 0 Å². The minimum atomic E-state index is -0.233. The summed E-state index contributed by atoms with van der Waals surface area (Å²) in [6.07, 6.45) is 1.96. The number of amides is 1. The second kappa shape index (κ2) is 7.23. The number of benzene rings is 1. The average molecular weight is 388 g/mol. The molecule has 2 saturated heterocycles. The number of aromatic nitrogens is 2. The molecule has 0 aliphatic carbocycles. The van der Waals surface area contributed by atoms with E-state index in [1.54, 1.807) is 6.33 Å². The Bertz CT molecular complexity index is 846. The molecule has 1 aromatic carbocycles. The maximum absolute atomic E-state index is 12.3. The van der Waals surface area contributed by atoms with E-state index in [0.717, 1.165) is 23.6 Å². The fraction of sp³-hybridized carbons (Fsp3) is 0.421. The Kier molecular flexibility index (Phi) is 4.78. The van der Waals surface area contributed by atoms with E-state index in [0.29, 0.717) is 24.7 Å². The van der Waals surface area contributed by atoms with Crippen LogP contribution in [0, 0.1) is 0 Å². The van der Waals surface area contributed by atoms with E-state index < -0.39 is 0 Å². The van der Waals surface area contributed by atoms with Crippen LogP contribution < -0.4 is 9.80 Å². The fourth-order valence-corrected chi connectivity index (χ4v) is 3.86. The molecule has 0 spiro atoms. The lowest BCUT2D eigenvalue weighted by Gasteiger charge is -2.23. The molecular weight excluding hydrogens is 366 g/mol. The summed E-state index contributed by atoms with van der Waals surface area (Å²) in [6.45, 7) is 1.96. The molecule has 0 saturated carbocycles. The lowest BCUT2D eigenvalue weighted by molar-refractivity contribution is 0.136. The highest BCUT2D eigenvalue weighted by molar-refractivity contribution is 6.30. The number of carbonyl (C=O) groups is 1. The van der Waals surface area contributed by atoms with Gasteiger partial charge in [0, 0.05) is 38.3 Å². The Morgan fingerprint density at radius 1 is 1.26 bits per heavy atom. The van der Waals surface area contributed by atoms with Gasteiger partial charge >= 0.3 is 6.09 Å². The minimum absolute atomic E-state index is 0.0365. The van der Waals surface area contributed by atoms with Crippen molar-refractivity contribution in [1.29, 1.82) is 0 Å². The molecule has 1 amide bonds. The van der Waals surface area contributed by atoms with Crippen molar-refractivity contribution in [2.75, 3.05) is 43.5 Å². The molecule has 2 aliphatic rings. The van der Waals surface area contributed by atoms with Gasteiger partial charge in [0.2, 0.25) is 0 Å². The molecule has 142 valence electrons. The van der Waals surface area contributed by atoms with Gasteiger partial charge < -0.3 is 14.5 Å². The van der Waals surface area contributed by atoms with Crippen molar-refractivity contribution < 1.29 is 9.53 Å². The summed E-state index contributed by atoms with van der Waals surface area (Å²) in [7, 11) is 3.90. The van der Waals surface area contributed by atoms with Crippen molar-refractivity contribution in [3.8, 4) is 0 Å². The Labute approximate surface area is 163 Å². The van der Waals surface area contributed by atoms with Gasteiger partial charge in [0.05, 0.1) is 12.6 Å². The molecule has 0 bridgehead atoms. The lowest BCUT2D eigenvalue weighted by atomic mass is 10.1. The molecule has 0 N–H and O–H groups in total. The Balaban J connectivity index is 1.44. The van der Waals surface area contributed by atoms with Gasteiger partial charge in [-0.05, 0) is 24.1 Å². The van der Waals surface area contributed by atoms with Crippen molar-refractivity contribution >= 4 is 29.3 Å². The minimum Gasteiger partial charge on any atom is -0.442 e. The maximum Gasteiger partial charge on any atom is 0.410 e. The topological polar surface area (TPSA) is 61.8 Å². The van der Waals surface area contributed by atoms with E-state index in [-0.39, 0.29) is 18.2 Å². The van der Waals surface area contributed by atoms with Crippen LogP contribution in [-0.4, -0.2) is 66.8 Å². The zero-order valence-corrected chi connectivity index (χ0v) is 16.1. The summed E-state index contributed by atoms with van der Waals surface area (Å²) >= 11 is 6.05. The highest BCUT2D eigenvalue weighted by Gasteiger charge is 2.47. The van der Waals surface area contributed by atoms with Crippen LogP contribution in [0.25, 0.3) is 0 Å². The third-order valence-corrected chi connectivity index (χ3v) is 5.31. The summed E-state index contributed by atoms with van der Waals surface area (Å²) in [6, 6.07) is 9.73. The van der Waals surface area contributed by atoms with Crippen molar-refractivity contribution in [2.45, 2.75) is 18.6 Å². The molecule has 3 heterocycles. The van der Waals surface area contributed by atoms with Gasteiger partial charge in [-0.1, -0.05) is 23.7 Å². The smallest absolute Gasteiger partial charge is 0.410 e. The summed E-state index contributed by atoms with van der Waals surface area (Å²) in [5, 5.41) is 0.710. The van der Waals surface area contributed by atoms with Gasteiger partial charge in [-0.3, -0.25) is 4.90 Å². The summed E-state index contributed by atoms with van der Waals surface area (Å²) < 4.78 is 5.60. The average Bonchev–Trinajstić information content (AvgIpc) is 3.17. The van der Waals surface area contributed by atoms with Crippen LogP contribution in [0.5, 0.6) is 0 Å². The van der Waals surface area contributed by atoms with Crippen LogP contribution in [0.15, 0.2) is 36.7 Å². The fourth-order valence-electron chi connectivity index (χ4n) is 3.65. The Morgan fingerprint density at radius 3 is 2.89 bits per heavy atom. The molecule has 1 aromatic heterocycles. The zero-order chi connectivity index (χ0) is 19.0. The molecule has 0 unspecified atom stereocenters. The van der Waals surface area contributed by atoms with Gasteiger partial charge in [-0.25, -0.2) is 14.8 Å². The lowest BCUT2D eigenvalue weighted by Crippen LogP contribution is -2.39. The first-order valence-electron chi connectivity index (χ1n) is 8.97. The molecular formula is C19H22ClN5O2. The highest BCUT2D eigenvalue weighted by Crippen LogP contribution is 2.30. The molecule has 27 heavy (non-hydrogen) atoms. The summed E-state index contributed by atoms with van der Waals surface area (Å²) in [5.41, 5.74) is 1.11. The van der Waals surface area contributed by atoms with Crippen molar-refractivity contribution in [3.05, 3.63) is 47.2 Å². The summed E-state index contributed by atoms with van der Waals surface area (Å²) in [4.78, 5) is 26.9. The highest BCUT2D eigenvalue weighted by atomic mass is 35.5. The van der Waals surface area contributed by atoms with E-state index in [1.165, 1.54) is 0 Å². The van der Waals surface area contributed by atoms with E-state index in [1.807, 2.05) is 54.2 Å². The van der Waals surface area contributed by atoms with Gasteiger partial charge in [-0.2, -0.15) is 0 Å². The van der Waals surface area contributed by atoms with Crippen LogP contribution in [0.2, 0.25) is 5.02 Å². The third-order valence-electron chi connectivity index (χ3n) is 5.07. The van der Waals surface area contributed by atoms with Gasteiger partial charge in [0.25, 0.3) is 0 Å². The number of carbonyl (C=O) groups excluding carboxylic acids is 1. The number of fused-ring (bicyclic) bond motifs is 1. The first-order chi connectivity index (χ1) is 13.0. The van der Waals surface area contributed by atoms with E-state index >= 15 is 0 Å². The number of hydrogen-bond acceptors (Lipinski definition) is 6. The number of hydrogen-bond donors (Lipinski definition) is 0. The Hall–Kier alpha value is -2.54. The molecule has 2 atom stereocenters. The SMILES string of the molecule is CN(C)c1cc(N2C[C@H]3OC(=O)N(CCc4cccc(Cl)c4)[C@H]3C2)ncn1. The summed E-state index contributed by atoms with van der Waals surface area (Å²) in [5.74, 6) is 1.71. The van der Waals surface area contributed by atoms with Gasteiger partial charge in [-0.15, -0.1) is 0 Å². The van der Waals surface area contributed by atoms with E-state index in [2.05, 4.69) is 14.9 Å². The quantitative estimate of drug-likeness (QED) is 0.785. The number of anilines is 2. The van der Waals surface area contributed by atoms with Crippen molar-refractivity contribution in [2.24, 2.45) is 0 Å². The second-order valence-corrected chi connectivity index (χ2v) is 7.53. The first-order valence-corrected chi connectivity index (χ1v) is 9.35. The standard InChI is InChI=1S/C19H22ClN5O2/c1-23(2)17-9-18(22-12-21-17)24-10-15-16(11-24)27-19(26)25(15)7-6-13-4-3-5-14(20)8-13/h3-5,8-9,12,15-16H,6-7,10-11H2,1-2H3/t15-,16+/m0/s1. The number of halogens is 1. The molecule has 7 nitrogen and oxygen atoms in total. The molecule has 8 heteroatoms. The second-order valence-electron chi connectivity index (χ2n) is 7.10. The molecule has 2 aromatic rings. The van der Waals surface area contributed by atoms with Crippen molar-refractivity contribution in [1.82, 2.24) is 14.9 Å². The molecule has 2 aliphatic heterocycles. The number of nitrogens with zero attached hydrogens (tertiary/aromatic N) is 5. The normalized spacial score (nSPS) is 21.4. The zero-order valence-electron chi connectivity index (χ0n) is 15.4. The monoisotopic (exact) mass is 387 g/mol. The van der Waals surface area contributed by atoms with E-state index in [4.69, 9.17) is 16.3 Å². The predicted octanol–water partition coefficient (Wildman–Crippen LogP) is 2.45.